The van der Waals surface area contributed by atoms with Crippen molar-refractivity contribution >= 4 is 16.6 Å². The fourth-order valence-electron chi connectivity index (χ4n) is 3.36. The van der Waals surface area contributed by atoms with Gasteiger partial charge in [0.25, 0.3) is 0 Å². The molecule has 1 saturated heterocycles. The lowest BCUT2D eigenvalue weighted by atomic mass is 10.0. The number of fused-ring (bicyclic) bond motifs is 1. The second-order valence-electron chi connectivity index (χ2n) is 6.41. The Morgan fingerprint density at radius 2 is 1.84 bits per heavy atom. The zero-order chi connectivity index (χ0) is 17.2. The normalized spacial score (nSPS) is 17.4. The van der Waals surface area contributed by atoms with Gasteiger partial charge in [-0.2, -0.15) is 5.26 Å². The Hall–Kier alpha value is -2.97. The predicted molar refractivity (Wildman–Crippen MR) is 99.4 cm³/mol. The van der Waals surface area contributed by atoms with Crippen molar-refractivity contribution in [1.82, 2.24) is 15.5 Å². The van der Waals surface area contributed by atoms with Gasteiger partial charge in [0.2, 0.25) is 0 Å². The van der Waals surface area contributed by atoms with Gasteiger partial charge in [-0.1, -0.05) is 36.4 Å². The smallest absolute Gasteiger partial charge is 0.159 e. The molecule has 2 heterocycles. The summed E-state index contributed by atoms with van der Waals surface area (Å²) in [7, 11) is 0. The molecule has 1 aliphatic rings. The topological polar surface area (TPSA) is 64.8 Å². The number of nitrogens with one attached hydrogen (secondary N) is 1. The van der Waals surface area contributed by atoms with Crippen molar-refractivity contribution < 1.29 is 0 Å². The summed E-state index contributed by atoms with van der Waals surface area (Å²) in [5.74, 6) is 0.946. The van der Waals surface area contributed by atoms with E-state index in [9.17, 15) is 0 Å². The van der Waals surface area contributed by atoms with Crippen molar-refractivity contribution in [3.05, 3.63) is 54.1 Å². The number of hydrogen-bond acceptors (Lipinski definition) is 5. The Morgan fingerprint density at radius 3 is 2.56 bits per heavy atom. The van der Waals surface area contributed by atoms with Gasteiger partial charge >= 0.3 is 0 Å². The number of anilines is 1. The summed E-state index contributed by atoms with van der Waals surface area (Å²) in [5.41, 5.74) is 2.47. The van der Waals surface area contributed by atoms with E-state index in [0.29, 0.717) is 11.6 Å². The molecule has 1 aliphatic heterocycles. The van der Waals surface area contributed by atoms with Crippen molar-refractivity contribution in [2.24, 2.45) is 0 Å². The average Bonchev–Trinajstić information content (AvgIpc) is 2.67. The van der Waals surface area contributed by atoms with E-state index in [2.05, 4.69) is 45.5 Å². The third kappa shape index (κ3) is 2.92. The molecule has 1 atom stereocenters. The van der Waals surface area contributed by atoms with E-state index < -0.39 is 0 Å². The highest BCUT2D eigenvalue weighted by Crippen LogP contribution is 2.31. The third-order valence-corrected chi connectivity index (χ3v) is 4.62. The van der Waals surface area contributed by atoms with Gasteiger partial charge in [-0.3, -0.25) is 0 Å². The molecule has 25 heavy (non-hydrogen) atoms. The summed E-state index contributed by atoms with van der Waals surface area (Å²) >= 11 is 0. The molecule has 2 aromatic carbocycles. The SMILES string of the molecule is C[C@H]1CN(c2nnc(-c3ccc(C#N)cc3)c3ccccc23)CCN1. The molecule has 1 N–H and O–H groups in total. The van der Waals surface area contributed by atoms with E-state index in [1.54, 1.807) is 0 Å². The maximum atomic E-state index is 8.98. The molecule has 3 aromatic rings. The van der Waals surface area contributed by atoms with E-state index >= 15 is 0 Å². The van der Waals surface area contributed by atoms with Gasteiger partial charge in [0.1, 0.15) is 5.69 Å². The van der Waals surface area contributed by atoms with E-state index in [1.165, 1.54) is 0 Å². The van der Waals surface area contributed by atoms with Crippen molar-refractivity contribution in [2.45, 2.75) is 13.0 Å². The molecule has 5 heteroatoms. The van der Waals surface area contributed by atoms with Crippen molar-refractivity contribution in [2.75, 3.05) is 24.5 Å². The number of piperazine rings is 1. The minimum absolute atomic E-state index is 0.438. The van der Waals surface area contributed by atoms with Crippen LogP contribution in [-0.2, 0) is 0 Å². The number of nitriles is 1. The molecule has 5 nitrogen and oxygen atoms in total. The number of rotatable bonds is 2. The van der Waals surface area contributed by atoms with Crippen molar-refractivity contribution in [3.8, 4) is 17.3 Å². The molecular formula is C20H19N5. The first kappa shape index (κ1) is 15.6. The van der Waals surface area contributed by atoms with Gasteiger partial charge in [-0.25, -0.2) is 0 Å². The maximum absolute atomic E-state index is 8.98. The number of aromatic nitrogens is 2. The molecular weight excluding hydrogens is 310 g/mol. The van der Waals surface area contributed by atoms with Crippen LogP contribution < -0.4 is 10.2 Å². The number of benzene rings is 2. The summed E-state index contributed by atoms with van der Waals surface area (Å²) in [6.07, 6.45) is 0. The molecule has 0 unspecified atom stereocenters. The van der Waals surface area contributed by atoms with Crippen LogP contribution >= 0.6 is 0 Å². The minimum Gasteiger partial charge on any atom is -0.352 e. The fraction of sp³-hybridized carbons (Fsp3) is 0.250. The minimum atomic E-state index is 0.438. The molecule has 0 amide bonds. The second kappa shape index (κ2) is 6.50. The van der Waals surface area contributed by atoms with E-state index in [0.717, 1.165) is 47.5 Å². The van der Waals surface area contributed by atoms with Crippen molar-refractivity contribution in [3.63, 3.8) is 0 Å². The first-order valence-corrected chi connectivity index (χ1v) is 8.50. The summed E-state index contributed by atoms with van der Waals surface area (Å²) in [4.78, 5) is 2.30. The molecule has 0 bridgehead atoms. The van der Waals surface area contributed by atoms with E-state index in [-0.39, 0.29) is 0 Å². The van der Waals surface area contributed by atoms with Gasteiger partial charge in [0, 0.05) is 42.0 Å². The number of hydrogen-bond donors (Lipinski definition) is 1. The van der Waals surface area contributed by atoms with Crippen LogP contribution in [0, 0.1) is 11.3 Å². The van der Waals surface area contributed by atoms with Gasteiger partial charge in [-0.15, -0.1) is 10.2 Å². The van der Waals surface area contributed by atoms with Crippen LogP contribution in [0.3, 0.4) is 0 Å². The van der Waals surface area contributed by atoms with Gasteiger partial charge in [0.05, 0.1) is 11.6 Å². The average molecular weight is 329 g/mol. The highest BCUT2D eigenvalue weighted by atomic mass is 15.3. The number of nitrogens with zero attached hydrogens (tertiary/aromatic N) is 4. The molecule has 0 spiro atoms. The van der Waals surface area contributed by atoms with Crippen molar-refractivity contribution in [1.29, 1.82) is 5.26 Å². The summed E-state index contributed by atoms with van der Waals surface area (Å²) < 4.78 is 0. The van der Waals surface area contributed by atoms with Gasteiger partial charge in [0.15, 0.2) is 5.82 Å². The highest BCUT2D eigenvalue weighted by Gasteiger charge is 2.20. The van der Waals surface area contributed by atoms with Gasteiger partial charge < -0.3 is 10.2 Å². The molecule has 0 radical (unpaired) electrons. The second-order valence-corrected chi connectivity index (χ2v) is 6.41. The van der Waals surface area contributed by atoms with Crippen LogP contribution in [0.4, 0.5) is 5.82 Å². The zero-order valence-electron chi connectivity index (χ0n) is 14.1. The Balaban J connectivity index is 1.82. The van der Waals surface area contributed by atoms with Crippen LogP contribution in [0.1, 0.15) is 12.5 Å². The van der Waals surface area contributed by atoms with Crippen LogP contribution in [0.15, 0.2) is 48.5 Å². The summed E-state index contributed by atoms with van der Waals surface area (Å²) in [5, 5.41) is 23.8. The Kier molecular flexibility index (Phi) is 4.04. The quantitative estimate of drug-likeness (QED) is 0.783. The first-order chi connectivity index (χ1) is 12.3. The Labute approximate surface area is 146 Å². The monoisotopic (exact) mass is 329 g/mol. The van der Waals surface area contributed by atoms with Crippen LogP contribution in [-0.4, -0.2) is 35.9 Å². The van der Waals surface area contributed by atoms with Crippen LogP contribution in [0.5, 0.6) is 0 Å². The molecule has 0 saturated carbocycles. The summed E-state index contributed by atoms with van der Waals surface area (Å²) in [6, 6.07) is 18.4. The third-order valence-electron chi connectivity index (χ3n) is 4.62. The highest BCUT2D eigenvalue weighted by molar-refractivity contribution is 6.00. The Bertz CT molecular complexity index is 942. The summed E-state index contributed by atoms with van der Waals surface area (Å²) in [6.45, 7) is 5.00. The van der Waals surface area contributed by atoms with Gasteiger partial charge in [-0.05, 0) is 19.1 Å². The van der Waals surface area contributed by atoms with E-state index in [1.807, 2.05) is 36.4 Å². The molecule has 4 rings (SSSR count). The van der Waals surface area contributed by atoms with Crippen LogP contribution in [0.2, 0.25) is 0 Å². The Morgan fingerprint density at radius 1 is 1.08 bits per heavy atom. The molecule has 1 aromatic heterocycles. The lowest BCUT2D eigenvalue weighted by Gasteiger charge is -2.33. The lowest BCUT2D eigenvalue weighted by molar-refractivity contribution is 0.482. The zero-order valence-corrected chi connectivity index (χ0v) is 14.1. The van der Waals surface area contributed by atoms with E-state index in [4.69, 9.17) is 5.26 Å². The van der Waals surface area contributed by atoms with Crippen LogP contribution in [0.25, 0.3) is 22.0 Å². The standard InChI is InChI=1S/C20H19N5/c1-14-13-25(11-10-22-14)20-18-5-3-2-4-17(18)19(23-24-20)16-8-6-15(12-21)7-9-16/h2-9,14,22H,10-11,13H2,1H3/t14-/m0/s1. The molecule has 1 fully saturated rings. The lowest BCUT2D eigenvalue weighted by Crippen LogP contribution is -2.49. The fourth-order valence-corrected chi connectivity index (χ4v) is 3.36. The molecule has 124 valence electrons. The largest absolute Gasteiger partial charge is 0.352 e. The maximum Gasteiger partial charge on any atom is 0.159 e. The molecule has 0 aliphatic carbocycles. The first-order valence-electron chi connectivity index (χ1n) is 8.50. The predicted octanol–water partition coefficient (Wildman–Crippen LogP) is 2.97.